The van der Waals surface area contributed by atoms with Crippen molar-refractivity contribution in [3.63, 3.8) is 0 Å². The maximum absolute atomic E-state index is 13.6. The second kappa shape index (κ2) is 9.50. The van der Waals surface area contributed by atoms with Crippen molar-refractivity contribution in [2.75, 3.05) is 12.4 Å². The fraction of sp³-hybridized carbons (Fsp3) is 0.250. The van der Waals surface area contributed by atoms with Gasteiger partial charge in [0.05, 0.1) is 13.0 Å². The quantitative estimate of drug-likeness (QED) is 0.502. The van der Waals surface area contributed by atoms with Crippen LogP contribution in [0.25, 0.3) is 0 Å². The summed E-state index contributed by atoms with van der Waals surface area (Å²) in [5.74, 6) is 0.785. The maximum Gasteiger partial charge on any atom is 0.255 e. The SMILES string of the molecule is COc1ccc([C@H]2CC(=O)C3=C(C2)NC(C)=C(C(=O)Nc2cccc(C)n2)[C@H]3c2cccs2)cc1. The molecule has 2 aromatic heterocycles. The van der Waals surface area contributed by atoms with E-state index in [0.29, 0.717) is 29.8 Å². The number of carbonyl (C=O) groups excluding carboxylic acids is 2. The number of ketones is 1. The summed E-state index contributed by atoms with van der Waals surface area (Å²) in [6.07, 6.45) is 1.11. The third kappa shape index (κ3) is 4.51. The van der Waals surface area contributed by atoms with Gasteiger partial charge in [0, 0.05) is 39.5 Å². The number of nitrogens with zero attached hydrogens (tertiary/aromatic N) is 1. The summed E-state index contributed by atoms with van der Waals surface area (Å²) in [4.78, 5) is 32.6. The number of nitrogens with one attached hydrogen (secondary N) is 2. The molecule has 7 heteroatoms. The summed E-state index contributed by atoms with van der Waals surface area (Å²) in [7, 11) is 1.64. The minimum Gasteiger partial charge on any atom is -0.497 e. The lowest BCUT2D eigenvalue weighted by Gasteiger charge is -2.36. The normalized spacial score (nSPS) is 19.8. The van der Waals surface area contributed by atoms with Gasteiger partial charge in [-0.15, -0.1) is 11.3 Å². The van der Waals surface area contributed by atoms with E-state index in [1.807, 2.05) is 67.8 Å². The molecule has 0 bridgehead atoms. The van der Waals surface area contributed by atoms with Gasteiger partial charge in [-0.2, -0.15) is 0 Å². The van der Waals surface area contributed by atoms with Crippen molar-refractivity contribution in [2.24, 2.45) is 0 Å². The van der Waals surface area contributed by atoms with E-state index in [9.17, 15) is 9.59 Å². The molecule has 2 aliphatic rings. The van der Waals surface area contributed by atoms with Gasteiger partial charge < -0.3 is 15.4 Å². The summed E-state index contributed by atoms with van der Waals surface area (Å²) in [6.45, 7) is 3.79. The van der Waals surface area contributed by atoms with Crippen LogP contribution in [0.4, 0.5) is 5.82 Å². The van der Waals surface area contributed by atoms with Gasteiger partial charge in [-0.25, -0.2) is 4.98 Å². The average molecular weight is 486 g/mol. The van der Waals surface area contributed by atoms with E-state index >= 15 is 0 Å². The molecule has 0 unspecified atom stereocenters. The van der Waals surface area contributed by atoms with Gasteiger partial charge >= 0.3 is 0 Å². The predicted octanol–water partition coefficient (Wildman–Crippen LogP) is 5.46. The Morgan fingerprint density at radius 3 is 2.57 bits per heavy atom. The van der Waals surface area contributed by atoms with Crippen LogP contribution in [-0.2, 0) is 9.59 Å². The van der Waals surface area contributed by atoms with Crippen LogP contribution >= 0.6 is 11.3 Å². The molecule has 3 heterocycles. The van der Waals surface area contributed by atoms with Crippen molar-refractivity contribution in [3.8, 4) is 5.75 Å². The molecule has 1 aromatic carbocycles. The zero-order valence-electron chi connectivity index (χ0n) is 19.9. The summed E-state index contributed by atoms with van der Waals surface area (Å²) < 4.78 is 5.28. The van der Waals surface area contributed by atoms with E-state index in [1.165, 1.54) is 0 Å². The van der Waals surface area contributed by atoms with Gasteiger partial charge in [0.2, 0.25) is 0 Å². The summed E-state index contributed by atoms with van der Waals surface area (Å²) in [5.41, 5.74) is 4.85. The molecule has 1 aliphatic carbocycles. The van der Waals surface area contributed by atoms with E-state index in [-0.39, 0.29) is 17.6 Å². The molecule has 0 radical (unpaired) electrons. The monoisotopic (exact) mass is 485 g/mol. The topological polar surface area (TPSA) is 80.3 Å². The first kappa shape index (κ1) is 23.1. The highest BCUT2D eigenvalue weighted by Gasteiger charge is 2.41. The second-order valence-electron chi connectivity index (χ2n) is 8.92. The molecule has 2 atom stereocenters. The van der Waals surface area contributed by atoms with E-state index in [2.05, 4.69) is 15.6 Å². The first-order chi connectivity index (χ1) is 16.9. The molecule has 35 heavy (non-hydrogen) atoms. The third-order valence-electron chi connectivity index (χ3n) is 6.62. The number of thiophene rings is 1. The molecular formula is C28H27N3O3S. The molecule has 0 fully saturated rings. The van der Waals surface area contributed by atoms with E-state index < -0.39 is 5.92 Å². The largest absolute Gasteiger partial charge is 0.497 e. The highest BCUT2D eigenvalue weighted by Crippen LogP contribution is 2.46. The number of aryl methyl sites for hydroxylation is 1. The number of pyridine rings is 1. The highest BCUT2D eigenvalue weighted by molar-refractivity contribution is 7.10. The Bertz CT molecular complexity index is 1340. The third-order valence-corrected chi connectivity index (χ3v) is 7.55. The first-order valence-corrected chi connectivity index (χ1v) is 12.5. The van der Waals surface area contributed by atoms with Gasteiger partial charge in [-0.1, -0.05) is 24.3 Å². The molecule has 3 aromatic rings. The Hall–Kier alpha value is -3.71. The Morgan fingerprint density at radius 2 is 1.89 bits per heavy atom. The van der Waals surface area contributed by atoms with Gasteiger partial charge in [0.1, 0.15) is 11.6 Å². The lowest BCUT2D eigenvalue weighted by Crippen LogP contribution is -2.36. The van der Waals surface area contributed by atoms with Crippen LogP contribution in [0.2, 0.25) is 0 Å². The lowest BCUT2D eigenvalue weighted by atomic mass is 9.73. The number of ether oxygens (including phenoxy) is 1. The summed E-state index contributed by atoms with van der Waals surface area (Å²) >= 11 is 1.56. The van der Waals surface area contributed by atoms with E-state index in [0.717, 1.165) is 33.3 Å². The maximum atomic E-state index is 13.6. The fourth-order valence-electron chi connectivity index (χ4n) is 4.99. The van der Waals surface area contributed by atoms with Crippen LogP contribution in [0.5, 0.6) is 5.75 Å². The number of rotatable bonds is 5. The van der Waals surface area contributed by atoms with Crippen LogP contribution in [0, 0.1) is 6.92 Å². The van der Waals surface area contributed by atoms with Crippen LogP contribution in [0.1, 0.15) is 47.7 Å². The van der Waals surface area contributed by atoms with Gasteiger partial charge in [-0.3, -0.25) is 9.59 Å². The number of carbonyl (C=O) groups is 2. The van der Waals surface area contributed by atoms with Gasteiger partial charge in [0.25, 0.3) is 5.91 Å². The molecule has 178 valence electrons. The molecule has 1 amide bonds. The van der Waals surface area contributed by atoms with Crippen LogP contribution in [0.15, 0.2) is 82.5 Å². The number of allylic oxidation sites excluding steroid dienone is 3. The molecule has 0 spiro atoms. The van der Waals surface area contributed by atoms with Crippen LogP contribution < -0.4 is 15.4 Å². The number of hydrogen-bond acceptors (Lipinski definition) is 6. The number of benzene rings is 1. The van der Waals surface area contributed by atoms with Gasteiger partial charge in [-0.05, 0) is 67.5 Å². The molecule has 2 N–H and O–H groups in total. The molecule has 5 rings (SSSR count). The van der Waals surface area contributed by atoms with E-state index in [1.54, 1.807) is 24.5 Å². The van der Waals surface area contributed by atoms with Crippen molar-refractivity contribution in [1.82, 2.24) is 10.3 Å². The molecule has 0 saturated heterocycles. The van der Waals surface area contributed by atoms with Crippen molar-refractivity contribution < 1.29 is 14.3 Å². The molecule has 1 aliphatic heterocycles. The zero-order valence-corrected chi connectivity index (χ0v) is 20.7. The summed E-state index contributed by atoms with van der Waals surface area (Å²) in [5, 5.41) is 8.35. The predicted molar refractivity (Wildman–Crippen MR) is 138 cm³/mol. The van der Waals surface area contributed by atoms with Crippen molar-refractivity contribution in [1.29, 1.82) is 0 Å². The lowest BCUT2D eigenvalue weighted by molar-refractivity contribution is -0.116. The standard InChI is InChI=1S/C28H27N3O3S/c1-16-6-4-8-24(29-16)31-28(33)25-17(2)30-21-14-19(18-9-11-20(34-3)12-10-18)15-22(32)26(21)27(25)23-7-5-13-35-23/h4-13,19,27,30H,14-15H2,1-3H3,(H,29,31,33)/t19-,27-/m1/s1. The second-order valence-corrected chi connectivity index (χ2v) is 9.90. The summed E-state index contributed by atoms with van der Waals surface area (Å²) in [6, 6.07) is 17.4. The van der Waals surface area contributed by atoms with Crippen LogP contribution in [0.3, 0.4) is 0 Å². The Morgan fingerprint density at radius 1 is 1.09 bits per heavy atom. The zero-order chi connectivity index (χ0) is 24.5. The van der Waals surface area contributed by atoms with E-state index in [4.69, 9.17) is 4.74 Å². The van der Waals surface area contributed by atoms with Crippen LogP contribution in [-0.4, -0.2) is 23.8 Å². The molecular weight excluding hydrogens is 458 g/mol. The number of anilines is 1. The van der Waals surface area contributed by atoms with Gasteiger partial charge in [0.15, 0.2) is 5.78 Å². The highest BCUT2D eigenvalue weighted by atomic mass is 32.1. The molecule has 0 saturated carbocycles. The number of amides is 1. The number of aromatic nitrogens is 1. The minimum atomic E-state index is -0.402. The van der Waals surface area contributed by atoms with Crippen molar-refractivity contribution in [2.45, 2.75) is 38.5 Å². The Balaban J connectivity index is 1.50. The number of hydrogen-bond donors (Lipinski definition) is 2. The first-order valence-electron chi connectivity index (χ1n) is 11.6. The number of methoxy groups -OCH3 is 1. The number of dihydropyridines is 1. The Labute approximate surface area is 208 Å². The fourth-order valence-corrected chi connectivity index (χ4v) is 5.83. The van der Waals surface area contributed by atoms with Crippen molar-refractivity contribution in [3.05, 3.63) is 98.7 Å². The number of Topliss-reactive ketones (excluding diaryl/α,β-unsaturated/α-hetero) is 1. The molecule has 6 nitrogen and oxygen atoms in total. The average Bonchev–Trinajstić information content (AvgIpc) is 3.38. The minimum absolute atomic E-state index is 0.0725. The Kier molecular flexibility index (Phi) is 6.26. The smallest absolute Gasteiger partial charge is 0.255 e. The van der Waals surface area contributed by atoms with Crippen molar-refractivity contribution >= 4 is 28.8 Å².